The molecule has 0 spiro atoms. The van der Waals surface area contributed by atoms with E-state index in [0.29, 0.717) is 19.5 Å². The monoisotopic (exact) mass is 202 g/mol. The van der Waals surface area contributed by atoms with Gasteiger partial charge in [-0.3, -0.25) is 4.90 Å². The van der Waals surface area contributed by atoms with E-state index in [9.17, 15) is 4.39 Å². The highest BCUT2D eigenvalue weighted by molar-refractivity contribution is 4.89. The second-order valence-corrected chi connectivity index (χ2v) is 4.63. The van der Waals surface area contributed by atoms with E-state index in [0.717, 1.165) is 32.7 Å². The van der Waals surface area contributed by atoms with Crippen LogP contribution in [0.1, 0.15) is 12.8 Å². The molecule has 3 nitrogen and oxygen atoms in total. The van der Waals surface area contributed by atoms with Crippen LogP contribution in [0.4, 0.5) is 4.39 Å². The minimum Gasteiger partial charge on any atom is -0.381 e. The zero-order chi connectivity index (χ0) is 10.0. The highest BCUT2D eigenvalue weighted by atomic mass is 19.1. The van der Waals surface area contributed by atoms with Crippen molar-refractivity contribution in [3.05, 3.63) is 0 Å². The third kappa shape index (κ3) is 2.07. The second kappa shape index (κ2) is 4.13. The molecule has 0 radical (unpaired) electrons. The molecule has 0 aliphatic carbocycles. The quantitative estimate of drug-likeness (QED) is 0.719. The van der Waals surface area contributed by atoms with Crippen LogP contribution in [-0.2, 0) is 4.74 Å². The van der Waals surface area contributed by atoms with E-state index in [1.165, 1.54) is 0 Å². The van der Waals surface area contributed by atoms with Gasteiger partial charge < -0.3 is 10.5 Å². The topological polar surface area (TPSA) is 38.5 Å². The van der Waals surface area contributed by atoms with Crippen molar-refractivity contribution >= 4 is 0 Å². The second-order valence-electron chi connectivity index (χ2n) is 4.63. The standard InChI is InChI=1S/C10H19FN2O/c11-9-1-3-13(5-9)7-10(6-12)2-4-14-8-10/h9H,1-8,12H2. The van der Waals surface area contributed by atoms with Gasteiger partial charge in [-0.25, -0.2) is 4.39 Å². The lowest BCUT2D eigenvalue weighted by Crippen LogP contribution is -2.42. The van der Waals surface area contributed by atoms with Gasteiger partial charge in [-0.15, -0.1) is 0 Å². The third-order valence-corrected chi connectivity index (χ3v) is 3.39. The van der Waals surface area contributed by atoms with Crippen molar-refractivity contribution in [2.45, 2.75) is 19.0 Å². The van der Waals surface area contributed by atoms with E-state index in [4.69, 9.17) is 10.5 Å². The molecule has 2 heterocycles. The molecule has 4 heteroatoms. The van der Waals surface area contributed by atoms with Crippen LogP contribution in [0.2, 0.25) is 0 Å². The molecule has 0 aromatic rings. The molecule has 14 heavy (non-hydrogen) atoms. The van der Waals surface area contributed by atoms with Crippen LogP contribution < -0.4 is 5.73 Å². The number of alkyl halides is 1. The smallest absolute Gasteiger partial charge is 0.114 e. The molecule has 0 bridgehead atoms. The SMILES string of the molecule is NCC1(CN2CCC(F)C2)CCOC1. The van der Waals surface area contributed by atoms with E-state index < -0.39 is 6.17 Å². The van der Waals surface area contributed by atoms with Gasteiger partial charge in [0.2, 0.25) is 0 Å². The molecule has 2 aliphatic heterocycles. The van der Waals surface area contributed by atoms with Gasteiger partial charge in [0.15, 0.2) is 0 Å². The fourth-order valence-electron chi connectivity index (χ4n) is 2.40. The molecule has 0 aromatic heterocycles. The zero-order valence-corrected chi connectivity index (χ0v) is 8.54. The molecule has 2 saturated heterocycles. The molecule has 2 unspecified atom stereocenters. The molecule has 0 saturated carbocycles. The zero-order valence-electron chi connectivity index (χ0n) is 8.54. The predicted molar refractivity (Wildman–Crippen MR) is 52.9 cm³/mol. The lowest BCUT2D eigenvalue weighted by molar-refractivity contribution is 0.122. The minimum atomic E-state index is -0.632. The molecule has 82 valence electrons. The summed E-state index contributed by atoms with van der Waals surface area (Å²) in [6.07, 6.45) is 1.07. The fourth-order valence-corrected chi connectivity index (χ4v) is 2.40. The average Bonchev–Trinajstić information content (AvgIpc) is 2.77. The highest BCUT2D eigenvalue weighted by Gasteiger charge is 2.37. The lowest BCUT2D eigenvalue weighted by Gasteiger charge is -2.30. The predicted octanol–water partition coefficient (Wildman–Crippen LogP) is 0.396. The number of halogens is 1. The van der Waals surface area contributed by atoms with Crippen molar-refractivity contribution in [2.75, 3.05) is 39.4 Å². The Hall–Kier alpha value is -0.190. The van der Waals surface area contributed by atoms with Gasteiger partial charge in [0.05, 0.1) is 6.61 Å². The molecule has 2 rings (SSSR count). The van der Waals surface area contributed by atoms with E-state index in [-0.39, 0.29) is 5.41 Å². The fraction of sp³-hybridized carbons (Fsp3) is 1.00. The van der Waals surface area contributed by atoms with Gasteiger partial charge in [0, 0.05) is 38.2 Å². The first kappa shape index (κ1) is 10.3. The largest absolute Gasteiger partial charge is 0.381 e. The van der Waals surface area contributed by atoms with Crippen molar-refractivity contribution in [3.8, 4) is 0 Å². The van der Waals surface area contributed by atoms with Crippen LogP contribution in [0.25, 0.3) is 0 Å². The number of nitrogens with two attached hydrogens (primary N) is 1. The van der Waals surface area contributed by atoms with Crippen LogP contribution in [0.3, 0.4) is 0 Å². The molecular weight excluding hydrogens is 183 g/mol. The van der Waals surface area contributed by atoms with Crippen LogP contribution in [0.5, 0.6) is 0 Å². The molecule has 0 aromatic carbocycles. The number of nitrogens with zero attached hydrogens (tertiary/aromatic N) is 1. The Balaban J connectivity index is 1.88. The van der Waals surface area contributed by atoms with Crippen molar-refractivity contribution in [2.24, 2.45) is 11.1 Å². The van der Waals surface area contributed by atoms with Crippen molar-refractivity contribution < 1.29 is 9.13 Å². The maximum atomic E-state index is 13.0. The highest BCUT2D eigenvalue weighted by Crippen LogP contribution is 2.29. The summed E-state index contributed by atoms with van der Waals surface area (Å²) in [6.45, 7) is 4.58. The lowest BCUT2D eigenvalue weighted by atomic mass is 9.87. The Kier molecular flexibility index (Phi) is 3.04. The third-order valence-electron chi connectivity index (χ3n) is 3.39. The Morgan fingerprint density at radius 1 is 1.57 bits per heavy atom. The summed E-state index contributed by atoms with van der Waals surface area (Å²) in [5.41, 5.74) is 5.88. The summed E-state index contributed by atoms with van der Waals surface area (Å²) in [6, 6.07) is 0. The van der Waals surface area contributed by atoms with Crippen LogP contribution in [-0.4, -0.2) is 50.5 Å². The van der Waals surface area contributed by atoms with Crippen LogP contribution in [0, 0.1) is 5.41 Å². The van der Waals surface area contributed by atoms with E-state index in [2.05, 4.69) is 4.90 Å². The Morgan fingerprint density at radius 2 is 2.43 bits per heavy atom. The molecule has 2 fully saturated rings. The van der Waals surface area contributed by atoms with Gasteiger partial charge in [-0.05, 0) is 12.8 Å². The Labute approximate surface area is 84.4 Å². The number of hydrogen-bond donors (Lipinski definition) is 1. The Morgan fingerprint density at radius 3 is 2.93 bits per heavy atom. The molecule has 2 N–H and O–H groups in total. The molecule has 0 amide bonds. The van der Waals surface area contributed by atoms with Gasteiger partial charge in [-0.2, -0.15) is 0 Å². The van der Waals surface area contributed by atoms with Crippen LogP contribution in [0.15, 0.2) is 0 Å². The summed E-state index contributed by atoms with van der Waals surface area (Å²) in [5, 5.41) is 0. The van der Waals surface area contributed by atoms with Gasteiger partial charge in [0.1, 0.15) is 6.17 Å². The minimum absolute atomic E-state index is 0.101. The van der Waals surface area contributed by atoms with Crippen LogP contribution >= 0.6 is 0 Å². The van der Waals surface area contributed by atoms with Crippen molar-refractivity contribution in [1.82, 2.24) is 4.90 Å². The average molecular weight is 202 g/mol. The summed E-state index contributed by atoms with van der Waals surface area (Å²) >= 11 is 0. The summed E-state index contributed by atoms with van der Waals surface area (Å²) in [5.74, 6) is 0. The summed E-state index contributed by atoms with van der Waals surface area (Å²) in [4.78, 5) is 2.19. The van der Waals surface area contributed by atoms with Crippen molar-refractivity contribution in [3.63, 3.8) is 0 Å². The van der Waals surface area contributed by atoms with E-state index in [1.54, 1.807) is 0 Å². The number of likely N-dealkylation sites (tertiary alicyclic amines) is 1. The number of hydrogen-bond acceptors (Lipinski definition) is 3. The first-order valence-electron chi connectivity index (χ1n) is 5.38. The first-order chi connectivity index (χ1) is 6.74. The summed E-state index contributed by atoms with van der Waals surface area (Å²) in [7, 11) is 0. The van der Waals surface area contributed by atoms with E-state index >= 15 is 0 Å². The van der Waals surface area contributed by atoms with Gasteiger partial charge in [-0.1, -0.05) is 0 Å². The molecular formula is C10H19FN2O. The normalized spacial score (nSPS) is 39.4. The molecule has 2 atom stereocenters. The maximum absolute atomic E-state index is 13.0. The van der Waals surface area contributed by atoms with Crippen molar-refractivity contribution in [1.29, 1.82) is 0 Å². The summed E-state index contributed by atoms with van der Waals surface area (Å²) < 4.78 is 18.4. The molecule has 2 aliphatic rings. The first-order valence-corrected chi connectivity index (χ1v) is 5.38. The van der Waals surface area contributed by atoms with E-state index in [1.807, 2.05) is 0 Å². The van der Waals surface area contributed by atoms with Gasteiger partial charge in [0.25, 0.3) is 0 Å². The Bertz CT molecular complexity index is 195. The number of ether oxygens (including phenoxy) is 1. The van der Waals surface area contributed by atoms with Gasteiger partial charge >= 0.3 is 0 Å². The maximum Gasteiger partial charge on any atom is 0.114 e. The number of rotatable bonds is 3.